The molecule has 0 fully saturated rings. The van der Waals surface area contributed by atoms with Gasteiger partial charge in [0.25, 0.3) is 0 Å². The molecule has 1 unspecified atom stereocenters. The molecule has 122 valence electrons. The van der Waals surface area contributed by atoms with Crippen molar-refractivity contribution in [2.75, 3.05) is 59.4 Å². The maximum atomic E-state index is 11.3. The number of nitrogens with one attached hydrogen (secondary N) is 1. The summed E-state index contributed by atoms with van der Waals surface area (Å²) in [5, 5.41) is 12.7. The largest absolute Gasteiger partial charge is 0.389 e. The summed E-state index contributed by atoms with van der Waals surface area (Å²) in [4.78, 5) is 0. The Morgan fingerprint density at radius 1 is 1.35 bits per heavy atom. The maximum Gasteiger partial charge on any atom is 0.211 e. The number of rotatable bonds is 13. The Balaban J connectivity index is 3.56. The molecular weight excluding hydrogens is 284 g/mol. The molecule has 0 aliphatic carbocycles. The van der Waals surface area contributed by atoms with Crippen LogP contribution in [0.4, 0.5) is 0 Å². The summed E-state index contributed by atoms with van der Waals surface area (Å²) in [6.07, 6.45) is 1.35. The third kappa shape index (κ3) is 10.5. The van der Waals surface area contributed by atoms with Gasteiger partial charge in [-0.05, 0) is 13.0 Å². The Morgan fingerprint density at radius 2 is 2.05 bits per heavy atom. The van der Waals surface area contributed by atoms with Gasteiger partial charge in [-0.1, -0.05) is 6.92 Å². The second kappa shape index (κ2) is 11.4. The van der Waals surface area contributed by atoms with E-state index in [0.29, 0.717) is 45.8 Å². The molecule has 0 bridgehead atoms. The van der Waals surface area contributed by atoms with Gasteiger partial charge in [0, 0.05) is 26.7 Å². The molecule has 7 nitrogen and oxygen atoms in total. The lowest BCUT2D eigenvalue weighted by atomic mass is 10.3. The number of hydrogen-bond acceptors (Lipinski definition) is 6. The van der Waals surface area contributed by atoms with Crippen LogP contribution in [0.3, 0.4) is 0 Å². The minimum Gasteiger partial charge on any atom is -0.389 e. The van der Waals surface area contributed by atoms with Crippen LogP contribution in [-0.2, 0) is 19.5 Å². The fourth-order valence-corrected chi connectivity index (χ4v) is 2.56. The summed E-state index contributed by atoms with van der Waals surface area (Å²) in [7, 11) is -1.52. The van der Waals surface area contributed by atoms with E-state index in [9.17, 15) is 13.5 Å². The van der Waals surface area contributed by atoms with E-state index in [-0.39, 0.29) is 6.61 Å². The predicted octanol–water partition coefficient (Wildman–Crippen LogP) is -0.728. The first kappa shape index (κ1) is 19.8. The summed E-state index contributed by atoms with van der Waals surface area (Å²) >= 11 is 0. The van der Waals surface area contributed by atoms with Gasteiger partial charge in [0.2, 0.25) is 10.0 Å². The highest BCUT2D eigenvalue weighted by molar-refractivity contribution is 7.88. The van der Waals surface area contributed by atoms with Crippen molar-refractivity contribution in [1.29, 1.82) is 0 Å². The van der Waals surface area contributed by atoms with Crippen molar-refractivity contribution in [3.63, 3.8) is 0 Å². The van der Waals surface area contributed by atoms with E-state index in [4.69, 9.17) is 9.47 Å². The number of nitrogens with zero attached hydrogens (tertiary/aromatic N) is 1. The van der Waals surface area contributed by atoms with Crippen molar-refractivity contribution in [2.45, 2.75) is 19.4 Å². The van der Waals surface area contributed by atoms with Crippen LogP contribution < -0.4 is 5.32 Å². The van der Waals surface area contributed by atoms with E-state index >= 15 is 0 Å². The molecule has 0 aliphatic rings. The standard InChI is InChI=1S/C12H28N2O5S/c1-4-14(20(3,16)17)7-5-6-13-10-12(15)11-19-9-8-18-2/h12-13,15H,4-11H2,1-3H3. The molecule has 0 aliphatic heterocycles. The van der Waals surface area contributed by atoms with E-state index in [2.05, 4.69) is 5.32 Å². The molecule has 0 amide bonds. The molecule has 8 heteroatoms. The van der Waals surface area contributed by atoms with Crippen LogP contribution in [0.15, 0.2) is 0 Å². The molecule has 0 spiro atoms. The lowest BCUT2D eigenvalue weighted by Crippen LogP contribution is -2.35. The predicted molar refractivity (Wildman–Crippen MR) is 78.3 cm³/mol. The molecule has 0 saturated heterocycles. The quantitative estimate of drug-likeness (QED) is 0.436. The summed E-state index contributed by atoms with van der Waals surface area (Å²) in [6, 6.07) is 0. The second-order valence-corrected chi connectivity index (χ2v) is 6.52. The zero-order valence-electron chi connectivity index (χ0n) is 12.7. The molecule has 0 radical (unpaired) electrons. The average Bonchev–Trinajstić information content (AvgIpc) is 2.37. The van der Waals surface area contributed by atoms with Gasteiger partial charge in [-0.15, -0.1) is 0 Å². The van der Waals surface area contributed by atoms with Gasteiger partial charge >= 0.3 is 0 Å². The van der Waals surface area contributed by atoms with E-state index in [1.165, 1.54) is 10.6 Å². The molecule has 0 aromatic rings. The molecule has 2 N–H and O–H groups in total. The van der Waals surface area contributed by atoms with Gasteiger partial charge in [-0.3, -0.25) is 0 Å². The van der Waals surface area contributed by atoms with Gasteiger partial charge in [0.1, 0.15) is 0 Å². The molecule has 20 heavy (non-hydrogen) atoms. The summed E-state index contributed by atoms with van der Waals surface area (Å²) in [6.45, 7) is 5.11. The van der Waals surface area contributed by atoms with Crippen LogP contribution in [0.25, 0.3) is 0 Å². The minimum atomic E-state index is -3.11. The fraction of sp³-hybridized carbons (Fsp3) is 1.00. The van der Waals surface area contributed by atoms with Crippen LogP contribution in [0.2, 0.25) is 0 Å². The Bertz CT molecular complexity index is 324. The zero-order valence-corrected chi connectivity index (χ0v) is 13.5. The Hall–Kier alpha value is -0.250. The monoisotopic (exact) mass is 312 g/mol. The van der Waals surface area contributed by atoms with E-state index in [0.717, 1.165) is 0 Å². The van der Waals surface area contributed by atoms with Crippen molar-refractivity contribution >= 4 is 10.0 Å². The minimum absolute atomic E-state index is 0.265. The molecule has 0 saturated carbocycles. The smallest absolute Gasteiger partial charge is 0.211 e. The third-order valence-corrected chi connectivity index (χ3v) is 4.08. The van der Waals surface area contributed by atoms with E-state index < -0.39 is 16.1 Å². The van der Waals surface area contributed by atoms with E-state index in [1.807, 2.05) is 6.92 Å². The first-order chi connectivity index (χ1) is 9.41. The highest BCUT2D eigenvalue weighted by Crippen LogP contribution is 1.98. The molecule has 0 aromatic carbocycles. The average molecular weight is 312 g/mol. The maximum absolute atomic E-state index is 11.3. The van der Waals surface area contributed by atoms with Gasteiger partial charge < -0.3 is 19.9 Å². The van der Waals surface area contributed by atoms with Crippen molar-refractivity contribution in [3.8, 4) is 0 Å². The number of ether oxygens (including phenoxy) is 2. The van der Waals surface area contributed by atoms with Crippen molar-refractivity contribution in [3.05, 3.63) is 0 Å². The Labute approximate surface area is 122 Å². The van der Waals surface area contributed by atoms with Crippen molar-refractivity contribution < 1.29 is 23.0 Å². The topological polar surface area (TPSA) is 88.1 Å². The number of methoxy groups -OCH3 is 1. The number of sulfonamides is 1. The molecule has 1 atom stereocenters. The summed E-state index contributed by atoms with van der Waals surface area (Å²) in [5.74, 6) is 0. The number of aliphatic hydroxyl groups is 1. The fourth-order valence-electron chi connectivity index (χ4n) is 1.63. The lowest BCUT2D eigenvalue weighted by molar-refractivity contribution is 0.0138. The lowest BCUT2D eigenvalue weighted by Gasteiger charge is -2.18. The summed E-state index contributed by atoms with van der Waals surface area (Å²) in [5.41, 5.74) is 0. The molecule has 0 heterocycles. The van der Waals surface area contributed by atoms with Crippen molar-refractivity contribution in [1.82, 2.24) is 9.62 Å². The first-order valence-electron chi connectivity index (χ1n) is 6.82. The second-order valence-electron chi connectivity index (χ2n) is 4.53. The van der Waals surface area contributed by atoms with E-state index in [1.54, 1.807) is 7.11 Å². The normalized spacial score (nSPS) is 13.8. The highest BCUT2D eigenvalue weighted by Gasteiger charge is 2.13. The molecule has 0 aromatic heterocycles. The first-order valence-corrected chi connectivity index (χ1v) is 8.67. The zero-order chi connectivity index (χ0) is 15.4. The van der Waals surface area contributed by atoms with Crippen LogP contribution in [0, 0.1) is 0 Å². The van der Waals surface area contributed by atoms with Gasteiger partial charge in [-0.2, -0.15) is 0 Å². The number of hydrogen-bond donors (Lipinski definition) is 2. The third-order valence-electron chi connectivity index (χ3n) is 2.70. The van der Waals surface area contributed by atoms with Gasteiger partial charge in [0.15, 0.2) is 0 Å². The molecule has 0 rings (SSSR count). The van der Waals surface area contributed by atoms with Crippen LogP contribution in [0.1, 0.15) is 13.3 Å². The SMILES string of the molecule is CCN(CCCNCC(O)COCCOC)S(C)(=O)=O. The Morgan fingerprint density at radius 3 is 2.60 bits per heavy atom. The molecular formula is C12H28N2O5S. The van der Waals surface area contributed by atoms with Crippen LogP contribution >= 0.6 is 0 Å². The highest BCUT2D eigenvalue weighted by atomic mass is 32.2. The van der Waals surface area contributed by atoms with Crippen molar-refractivity contribution in [2.24, 2.45) is 0 Å². The van der Waals surface area contributed by atoms with Gasteiger partial charge in [0.05, 0.1) is 32.2 Å². The van der Waals surface area contributed by atoms with Crippen LogP contribution in [-0.4, -0.2) is 83.3 Å². The number of aliphatic hydroxyl groups excluding tert-OH is 1. The summed E-state index contributed by atoms with van der Waals surface area (Å²) < 4.78 is 34.1. The van der Waals surface area contributed by atoms with Crippen LogP contribution in [0.5, 0.6) is 0 Å². The van der Waals surface area contributed by atoms with Gasteiger partial charge in [-0.25, -0.2) is 12.7 Å². The Kier molecular flexibility index (Phi) is 11.3.